The zero-order valence-corrected chi connectivity index (χ0v) is 14.8. The number of nitrogens with two attached hydrogens (primary N) is 1. The Morgan fingerprint density at radius 3 is 2.57 bits per heavy atom. The molecule has 2 N–H and O–H groups in total. The standard InChI is InChI=1S/C17H18BrN3O2/c1-10-6-12(18)9-21-13(8-19)16(20-17(10)21)11-4-5-14(22-2)15(7-11)23-3/h4-7,9H,8,19H2,1-3H3. The minimum Gasteiger partial charge on any atom is -0.493 e. The highest BCUT2D eigenvalue weighted by atomic mass is 79.9. The van der Waals surface area contributed by atoms with Crippen molar-refractivity contribution in [3.05, 3.63) is 46.2 Å². The summed E-state index contributed by atoms with van der Waals surface area (Å²) >= 11 is 3.53. The number of fused-ring (bicyclic) bond motifs is 1. The van der Waals surface area contributed by atoms with Gasteiger partial charge in [-0.2, -0.15) is 0 Å². The summed E-state index contributed by atoms with van der Waals surface area (Å²) in [5.74, 6) is 1.36. The predicted octanol–water partition coefficient (Wildman–Crippen LogP) is 3.55. The number of nitrogens with zero attached hydrogens (tertiary/aromatic N) is 2. The Bertz CT molecular complexity index is 874. The summed E-state index contributed by atoms with van der Waals surface area (Å²) in [7, 11) is 3.24. The number of ether oxygens (including phenoxy) is 2. The summed E-state index contributed by atoms with van der Waals surface area (Å²) in [6.45, 7) is 2.42. The number of aromatic nitrogens is 2. The number of hydrogen-bond acceptors (Lipinski definition) is 4. The largest absolute Gasteiger partial charge is 0.493 e. The third kappa shape index (κ3) is 2.68. The fraction of sp³-hybridized carbons (Fsp3) is 0.235. The van der Waals surface area contributed by atoms with Gasteiger partial charge in [0.2, 0.25) is 0 Å². The maximum absolute atomic E-state index is 5.99. The van der Waals surface area contributed by atoms with Crippen molar-refractivity contribution < 1.29 is 9.47 Å². The number of methoxy groups -OCH3 is 2. The van der Waals surface area contributed by atoms with Crippen molar-refractivity contribution in [3.63, 3.8) is 0 Å². The molecule has 0 amide bonds. The maximum Gasteiger partial charge on any atom is 0.161 e. The van der Waals surface area contributed by atoms with Crippen molar-refractivity contribution in [2.24, 2.45) is 5.73 Å². The first-order valence-electron chi connectivity index (χ1n) is 7.18. The molecule has 0 aliphatic carbocycles. The second-order valence-electron chi connectivity index (χ2n) is 5.22. The molecule has 2 aromatic heterocycles. The second kappa shape index (κ2) is 6.22. The van der Waals surface area contributed by atoms with Gasteiger partial charge in [0.05, 0.1) is 25.6 Å². The molecule has 0 saturated carbocycles. The Morgan fingerprint density at radius 1 is 1.17 bits per heavy atom. The first-order valence-corrected chi connectivity index (χ1v) is 7.98. The van der Waals surface area contributed by atoms with Gasteiger partial charge in [0.1, 0.15) is 5.65 Å². The second-order valence-corrected chi connectivity index (χ2v) is 6.13. The van der Waals surface area contributed by atoms with Crippen molar-refractivity contribution in [3.8, 4) is 22.8 Å². The highest BCUT2D eigenvalue weighted by molar-refractivity contribution is 9.10. The van der Waals surface area contributed by atoms with Gasteiger partial charge in [-0.05, 0) is 52.7 Å². The summed E-state index contributed by atoms with van der Waals surface area (Å²) in [5, 5.41) is 0. The van der Waals surface area contributed by atoms with Gasteiger partial charge in [-0.3, -0.25) is 0 Å². The zero-order chi connectivity index (χ0) is 16.6. The Labute approximate surface area is 143 Å². The van der Waals surface area contributed by atoms with Crippen molar-refractivity contribution >= 4 is 21.6 Å². The van der Waals surface area contributed by atoms with Gasteiger partial charge >= 0.3 is 0 Å². The van der Waals surface area contributed by atoms with E-state index in [0.717, 1.165) is 32.6 Å². The van der Waals surface area contributed by atoms with E-state index in [9.17, 15) is 0 Å². The molecule has 0 spiro atoms. The molecular weight excluding hydrogens is 358 g/mol. The van der Waals surface area contributed by atoms with Crippen LogP contribution in [0.15, 0.2) is 34.9 Å². The Hall–Kier alpha value is -2.05. The number of hydrogen-bond donors (Lipinski definition) is 1. The molecule has 1 aromatic carbocycles. The van der Waals surface area contributed by atoms with Gasteiger partial charge in [-0.25, -0.2) is 4.98 Å². The minimum absolute atomic E-state index is 0.390. The molecule has 0 radical (unpaired) electrons. The molecule has 23 heavy (non-hydrogen) atoms. The minimum atomic E-state index is 0.390. The average Bonchev–Trinajstić information content (AvgIpc) is 2.92. The van der Waals surface area contributed by atoms with E-state index in [0.29, 0.717) is 18.0 Å². The van der Waals surface area contributed by atoms with Gasteiger partial charge in [0.25, 0.3) is 0 Å². The summed E-state index contributed by atoms with van der Waals surface area (Å²) in [6.07, 6.45) is 1.99. The predicted molar refractivity (Wildman–Crippen MR) is 94.1 cm³/mol. The normalized spacial score (nSPS) is 11.0. The molecule has 0 unspecified atom stereocenters. The van der Waals surface area contributed by atoms with Crippen LogP contribution in [0.4, 0.5) is 0 Å². The van der Waals surface area contributed by atoms with E-state index in [1.165, 1.54) is 0 Å². The first-order chi connectivity index (χ1) is 11.1. The molecule has 0 atom stereocenters. The lowest BCUT2D eigenvalue weighted by molar-refractivity contribution is 0.355. The quantitative estimate of drug-likeness (QED) is 0.757. The van der Waals surface area contributed by atoms with Gasteiger partial charge < -0.3 is 19.6 Å². The van der Waals surface area contributed by atoms with Crippen molar-refractivity contribution in [2.45, 2.75) is 13.5 Å². The number of rotatable bonds is 4. The van der Waals surface area contributed by atoms with Gasteiger partial charge in [-0.1, -0.05) is 0 Å². The lowest BCUT2D eigenvalue weighted by atomic mass is 10.1. The van der Waals surface area contributed by atoms with E-state index in [2.05, 4.69) is 15.9 Å². The van der Waals surface area contributed by atoms with Crippen molar-refractivity contribution in [2.75, 3.05) is 14.2 Å². The number of aryl methyl sites for hydroxylation is 1. The van der Waals surface area contributed by atoms with Crippen LogP contribution in [0.2, 0.25) is 0 Å². The van der Waals surface area contributed by atoms with Crippen LogP contribution in [0.25, 0.3) is 16.9 Å². The van der Waals surface area contributed by atoms with Crippen molar-refractivity contribution in [1.82, 2.24) is 9.38 Å². The number of halogens is 1. The highest BCUT2D eigenvalue weighted by Crippen LogP contribution is 2.34. The Morgan fingerprint density at radius 2 is 1.91 bits per heavy atom. The smallest absolute Gasteiger partial charge is 0.161 e. The van der Waals surface area contributed by atoms with Gasteiger partial charge in [0.15, 0.2) is 11.5 Å². The van der Waals surface area contributed by atoms with E-state index >= 15 is 0 Å². The van der Waals surface area contributed by atoms with E-state index in [4.69, 9.17) is 20.2 Å². The van der Waals surface area contributed by atoms with Crippen LogP contribution < -0.4 is 15.2 Å². The molecule has 0 fully saturated rings. The summed E-state index contributed by atoms with van der Waals surface area (Å²) in [4.78, 5) is 4.79. The average molecular weight is 376 g/mol. The zero-order valence-electron chi connectivity index (χ0n) is 13.3. The van der Waals surface area contributed by atoms with Crippen LogP contribution in [-0.2, 0) is 6.54 Å². The molecule has 3 rings (SSSR count). The van der Waals surface area contributed by atoms with Crippen LogP contribution in [0.3, 0.4) is 0 Å². The van der Waals surface area contributed by atoms with Crippen LogP contribution in [0.1, 0.15) is 11.3 Å². The van der Waals surface area contributed by atoms with E-state index in [-0.39, 0.29) is 0 Å². The molecule has 120 valence electrons. The van der Waals surface area contributed by atoms with Crippen LogP contribution in [-0.4, -0.2) is 23.6 Å². The molecular formula is C17H18BrN3O2. The SMILES string of the molecule is COc1ccc(-c2nc3c(C)cc(Br)cn3c2CN)cc1OC. The van der Waals surface area contributed by atoms with Crippen molar-refractivity contribution in [1.29, 1.82) is 0 Å². The summed E-state index contributed by atoms with van der Waals surface area (Å²) in [5.41, 5.74) is 10.7. The highest BCUT2D eigenvalue weighted by Gasteiger charge is 2.16. The lowest BCUT2D eigenvalue weighted by Crippen LogP contribution is -2.03. The van der Waals surface area contributed by atoms with E-state index in [1.807, 2.05) is 41.8 Å². The van der Waals surface area contributed by atoms with Crippen LogP contribution >= 0.6 is 15.9 Å². The molecule has 3 aromatic rings. The van der Waals surface area contributed by atoms with E-state index in [1.54, 1.807) is 14.2 Å². The molecule has 2 heterocycles. The molecule has 0 saturated heterocycles. The summed E-state index contributed by atoms with van der Waals surface area (Å²) in [6, 6.07) is 7.80. The first kappa shape index (κ1) is 15.8. The monoisotopic (exact) mass is 375 g/mol. The molecule has 5 nitrogen and oxygen atoms in total. The molecule has 0 bridgehead atoms. The van der Waals surface area contributed by atoms with E-state index < -0.39 is 0 Å². The topological polar surface area (TPSA) is 61.8 Å². The maximum atomic E-state index is 5.99. The molecule has 6 heteroatoms. The van der Waals surface area contributed by atoms with Gasteiger partial charge in [-0.15, -0.1) is 0 Å². The third-order valence-electron chi connectivity index (χ3n) is 3.82. The third-order valence-corrected chi connectivity index (χ3v) is 4.25. The number of pyridine rings is 1. The molecule has 0 aliphatic heterocycles. The number of imidazole rings is 1. The lowest BCUT2D eigenvalue weighted by Gasteiger charge is -2.09. The Kier molecular flexibility index (Phi) is 4.28. The number of benzene rings is 1. The molecule has 0 aliphatic rings. The fourth-order valence-corrected chi connectivity index (χ4v) is 3.27. The van der Waals surface area contributed by atoms with Crippen LogP contribution in [0, 0.1) is 6.92 Å². The fourth-order valence-electron chi connectivity index (χ4n) is 2.73. The summed E-state index contributed by atoms with van der Waals surface area (Å²) < 4.78 is 13.7. The van der Waals surface area contributed by atoms with Crippen LogP contribution in [0.5, 0.6) is 11.5 Å². The van der Waals surface area contributed by atoms with Gasteiger partial charge in [0, 0.05) is 22.8 Å². The Balaban J connectivity index is 2.26.